The lowest BCUT2D eigenvalue weighted by Gasteiger charge is -2.00. The highest BCUT2D eigenvalue weighted by molar-refractivity contribution is 7.98. The quantitative estimate of drug-likeness (QED) is 0.568. The molecule has 21 heavy (non-hydrogen) atoms. The lowest BCUT2D eigenvalue weighted by Crippen LogP contribution is -2.09. The van der Waals surface area contributed by atoms with Crippen molar-refractivity contribution in [1.29, 1.82) is 0 Å². The van der Waals surface area contributed by atoms with Crippen LogP contribution in [0.5, 0.6) is 0 Å². The second-order valence-corrected chi connectivity index (χ2v) is 5.51. The van der Waals surface area contributed by atoms with Gasteiger partial charge in [0.25, 0.3) is 10.8 Å². The summed E-state index contributed by atoms with van der Waals surface area (Å²) in [5.74, 6) is 0. The molecule has 3 rings (SSSR count). The third-order valence-electron chi connectivity index (χ3n) is 2.89. The van der Waals surface area contributed by atoms with Crippen molar-refractivity contribution in [2.24, 2.45) is 0 Å². The van der Waals surface area contributed by atoms with Crippen LogP contribution >= 0.6 is 11.8 Å². The minimum absolute atomic E-state index is 0.174. The molecule has 6 nitrogen and oxygen atoms in total. The summed E-state index contributed by atoms with van der Waals surface area (Å²) >= 11 is 1.18. The first-order valence-corrected chi connectivity index (χ1v) is 7.40. The molecule has 108 valence electrons. The summed E-state index contributed by atoms with van der Waals surface area (Å²) in [6, 6.07) is 6.88. The molecule has 3 N–H and O–H groups in total. The van der Waals surface area contributed by atoms with Crippen LogP contribution in [0.25, 0.3) is 11.1 Å². The molecule has 2 heterocycles. The first-order valence-electron chi connectivity index (χ1n) is 6.59. The van der Waals surface area contributed by atoms with E-state index in [9.17, 15) is 4.79 Å². The Morgan fingerprint density at radius 3 is 3.00 bits per heavy atom. The number of fused-ring (bicyclic) bond motifs is 1. The zero-order valence-corrected chi connectivity index (χ0v) is 12.2. The van der Waals surface area contributed by atoms with Gasteiger partial charge in [0.15, 0.2) is 10.7 Å². The molecular formula is C14H14N4O2S. The Bertz CT molecular complexity index is 840. The molecule has 2 aromatic heterocycles. The molecule has 0 radical (unpaired) electrons. The van der Waals surface area contributed by atoms with E-state index in [4.69, 9.17) is 10.2 Å². The van der Waals surface area contributed by atoms with Crippen LogP contribution < -0.4 is 11.3 Å². The first-order chi connectivity index (χ1) is 10.2. The number of para-hydroxylation sites is 1. The average molecular weight is 302 g/mol. The number of anilines is 1. The van der Waals surface area contributed by atoms with Crippen molar-refractivity contribution in [1.82, 2.24) is 15.0 Å². The van der Waals surface area contributed by atoms with Crippen molar-refractivity contribution in [3.05, 3.63) is 40.3 Å². The summed E-state index contributed by atoms with van der Waals surface area (Å²) in [6.07, 6.45) is 1.69. The van der Waals surface area contributed by atoms with Gasteiger partial charge >= 0.3 is 0 Å². The van der Waals surface area contributed by atoms with E-state index in [0.29, 0.717) is 27.2 Å². The van der Waals surface area contributed by atoms with Crippen molar-refractivity contribution in [3.8, 4) is 0 Å². The molecule has 0 unspecified atom stereocenters. The highest BCUT2D eigenvalue weighted by Gasteiger charge is 2.11. The van der Waals surface area contributed by atoms with Gasteiger partial charge in [-0.1, -0.05) is 19.4 Å². The monoisotopic (exact) mass is 302 g/mol. The Morgan fingerprint density at radius 2 is 2.24 bits per heavy atom. The van der Waals surface area contributed by atoms with Gasteiger partial charge in [0.1, 0.15) is 5.52 Å². The van der Waals surface area contributed by atoms with E-state index in [-0.39, 0.29) is 5.56 Å². The molecule has 0 fully saturated rings. The van der Waals surface area contributed by atoms with Gasteiger partial charge in [-0.15, -0.1) is 0 Å². The summed E-state index contributed by atoms with van der Waals surface area (Å²) < 4.78 is 5.60. The zero-order valence-electron chi connectivity index (χ0n) is 11.4. The maximum absolute atomic E-state index is 11.6. The van der Waals surface area contributed by atoms with Crippen molar-refractivity contribution in [2.45, 2.75) is 30.1 Å². The van der Waals surface area contributed by atoms with E-state index < -0.39 is 0 Å². The first kappa shape index (κ1) is 13.7. The maximum Gasteiger partial charge on any atom is 0.264 e. The lowest BCUT2D eigenvalue weighted by molar-refractivity contribution is 0.488. The van der Waals surface area contributed by atoms with Gasteiger partial charge in [0, 0.05) is 23.5 Å². The van der Waals surface area contributed by atoms with Crippen LogP contribution in [0.4, 0.5) is 5.69 Å². The number of hydrogen-bond acceptors (Lipinski definition) is 6. The number of nitrogen functional groups attached to an aromatic ring is 1. The van der Waals surface area contributed by atoms with E-state index in [1.54, 1.807) is 18.2 Å². The number of oxazole rings is 1. The minimum Gasteiger partial charge on any atom is -0.431 e. The number of hydrogen-bond donors (Lipinski definition) is 2. The van der Waals surface area contributed by atoms with Gasteiger partial charge in [-0.05, 0) is 18.6 Å². The number of aromatic amines is 1. The summed E-state index contributed by atoms with van der Waals surface area (Å²) in [5, 5.41) is 0.871. The number of nitrogens with one attached hydrogen (secondary N) is 1. The van der Waals surface area contributed by atoms with Gasteiger partial charge in [-0.2, -0.15) is 0 Å². The SMILES string of the molecule is CCCc1cc(=O)[nH]c(Sc2nc3c(N)cccc3o2)n1. The molecule has 7 heteroatoms. The number of aryl methyl sites for hydroxylation is 1. The molecule has 0 atom stereocenters. The highest BCUT2D eigenvalue weighted by atomic mass is 32.2. The van der Waals surface area contributed by atoms with Crippen molar-refractivity contribution < 1.29 is 4.42 Å². The number of benzene rings is 1. The predicted molar refractivity (Wildman–Crippen MR) is 81.4 cm³/mol. The molecule has 0 spiro atoms. The van der Waals surface area contributed by atoms with E-state index in [0.717, 1.165) is 18.5 Å². The van der Waals surface area contributed by atoms with Crippen LogP contribution in [0.15, 0.2) is 43.9 Å². The number of nitrogens with zero attached hydrogens (tertiary/aromatic N) is 2. The predicted octanol–water partition coefficient (Wildman–Crippen LogP) is 2.60. The molecule has 0 aliphatic rings. The minimum atomic E-state index is -0.174. The fourth-order valence-corrected chi connectivity index (χ4v) is 2.74. The Balaban J connectivity index is 1.94. The largest absolute Gasteiger partial charge is 0.431 e. The molecule has 0 saturated carbocycles. The van der Waals surface area contributed by atoms with E-state index in [2.05, 4.69) is 15.0 Å². The number of rotatable bonds is 4. The van der Waals surface area contributed by atoms with Gasteiger partial charge in [-0.3, -0.25) is 4.79 Å². The van der Waals surface area contributed by atoms with Crippen LogP contribution in [0.1, 0.15) is 19.0 Å². The van der Waals surface area contributed by atoms with Crippen LogP contribution in [-0.2, 0) is 6.42 Å². The summed E-state index contributed by atoms with van der Waals surface area (Å²) in [4.78, 5) is 23.0. The standard InChI is InChI=1S/C14H14N4O2S/c1-2-4-8-7-11(19)17-13(16-8)21-14-18-12-9(15)5-3-6-10(12)20-14/h3,5-7H,2,4,15H2,1H3,(H,16,17,19). The highest BCUT2D eigenvalue weighted by Crippen LogP contribution is 2.29. The van der Waals surface area contributed by atoms with E-state index >= 15 is 0 Å². The molecule has 0 amide bonds. The molecule has 0 aliphatic carbocycles. The molecule has 0 bridgehead atoms. The summed E-state index contributed by atoms with van der Waals surface area (Å²) in [5.41, 5.74) is 8.23. The summed E-state index contributed by atoms with van der Waals surface area (Å²) in [6.45, 7) is 2.04. The Labute approximate surface area is 124 Å². The van der Waals surface area contributed by atoms with Crippen LogP contribution in [0, 0.1) is 0 Å². The van der Waals surface area contributed by atoms with Crippen molar-refractivity contribution in [2.75, 3.05) is 5.73 Å². The topological polar surface area (TPSA) is 97.8 Å². The number of nitrogens with two attached hydrogens (primary N) is 1. The third kappa shape index (κ3) is 2.92. The molecule has 0 saturated heterocycles. The maximum atomic E-state index is 11.6. The molecule has 1 aromatic carbocycles. The van der Waals surface area contributed by atoms with E-state index in [1.807, 2.05) is 6.92 Å². The third-order valence-corrected chi connectivity index (χ3v) is 3.63. The van der Waals surface area contributed by atoms with Gasteiger partial charge in [-0.25, -0.2) is 9.97 Å². The second-order valence-electron chi connectivity index (χ2n) is 4.57. The lowest BCUT2D eigenvalue weighted by atomic mass is 10.2. The Hall–Kier alpha value is -2.28. The van der Waals surface area contributed by atoms with Crippen LogP contribution in [-0.4, -0.2) is 15.0 Å². The van der Waals surface area contributed by atoms with Crippen molar-refractivity contribution >= 4 is 28.5 Å². The smallest absolute Gasteiger partial charge is 0.264 e. The number of aromatic nitrogens is 3. The van der Waals surface area contributed by atoms with E-state index in [1.165, 1.54) is 17.8 Å². The molecule has 0 aliphatic heterocycles. The van der Waals surface area contributed by atoms with Gasteiger partial charge < -0.3 is 15.1 Å². The van der Waals surface area contributed by atoms with Gasteiger partial charge in [0.2, 0.25) is 0 Å². The Morgan fingerprint density at radius 1 is 1.38 bits per heavy atom. The molecular weight excluding hydrogens is 288 g/mol. The number of H-pyrrole nitrogens is 1. The van der Waals surface area contributed by atoms with Crippen LogP contribution in [0.2, 0.25) is 0 Å². The zero-order chi connectivity index (χ0) is 14.8. The normalized spacial score (nSPS) is 11.1. The Kier molecular flexibility index (Phi) is 3.66. The van der Waals surface area contributed by atoms with Crippen LogP contribution in [0.3, 0.4) is 0 Å². The average Bonchev–Trinajstić information content (AvgIpc) is 2.82. The fraction of sp³-hybridized carbons (Fsp3) is 0.214. The second kappa shape index (κ2) is 5.61. The van der Waals surface area contributed by atoms with Crippen molar-refractivity contribution in [3.63, 3.8) is 0 Å². The fourth-order valence-electron chi connectivity index (χ4n) is 1.99. The summed E-state index contributed by atoms with van der Waals surface area (Å²) in [7, 11) is 0. The van der Waals surface area contributed by atoms with Gasteiger partial charge in [0.05, 0.1) is 5.69 Å². The molecule has 3 aromatic rings.